The first-order chi connectivity index (χ1) is 16.9. The Labute approximate surface area is 211 Å². The molecule has 8 atom stereocenters. The van der Waals surface area contributed by atoms with Crippen LogP contribution in [0, 0.1) is 34.5 Å². The molecule has 1 unspecified atom stereocenters. The topological polar surface area (TPSA) is 95.0 Å². The van der Waals surface area contributed by atoms with Gasteiger partial charge in [0.25, 0.3) is 0 Å². The number of hydrogen-bond acceptors (Lipinski definition) is 7. The van der Waals surface area contributed by atoms with Gasteiger partial charge in [-0.05, 0) is 73.6 Å². The van der Waals surface area contributed by atoms with Crippen molar-refractivity contribution in [2.24, 2.45) is 34.5 Å². The number of allylic oxidation sites excluding steroid dienone is 1. The van der Waals surface area contributed by atoms with Gasteiger partial charge in [-0.25, -0.2) is 4.98 Å². The van der Waals surface area contributed by atoms with Crippen molar-refractivity contribution in [3.8, 4) is 5.88 Å². The van der Waals surface area contributed by atoms with Gasteiger partial charge in [0.15, 0.2) is 29.6 Å². The summed E-state index contributed by atoms with van der Waals surface area (Å²) in [6, 6.07) is 3.29. The fourth-order valence-electron chi connectivity index (χ4n) is 8.00. The maximum absolute atomic E-state index is 14.7. The highest BCUT2D eigenvalue weighted by molar-refractivity contribution is 5.95. The molecule has 0 radical (unpaired) electrons. The summed E-state index contributed by atoms with van der Waals surface area (Å²) in [6.07, 6.45) is 5.29. The van der Waals surface area contributed by atoms with Crippen LogP contribution < -0.4 is 4.74 Å². The standard InChI is InChI=1S/C29H35NO6/c1-15-12-28-16(2)10-20-21(26(20,3)4)19(22(28)32)11-18-14-34-27(5,6)36-24(18)29(28,33)23(15)35-25-17(13-31)8-7-9-30-25/h7-9,11-13,16,19-21,23-24,33H,10,14H2,1-6H3/t16-,19+,20-,21+,23+,24-,28?,29-/m1/s1. The number of aliphatic hydroxyl groups is 1. The molecule has 192 valence electrons. The molecule has 2 heterocycles. The van der Waals surface area contributed by atoms with Crippen LogP contribution in [0.25, 0.3) is 0 Å². The van der Waals surface area contributed by atoms with Crippen molar-refractivity contribution in [2.45, 2.75) is 71.6 Å². The van der Waals surface area contributed by atoms with Crippen LogP contribution in [0.15, 0.2) is 41.6 Å². The molecule has 1 aromatic rings. The van der Waals surface area contributed by atoms with E-state index < -0.39 is 29.0 Å². The van der Waals surface area contributed by atoms with E-state index in [0.29, 0.717) is 12.2 Å². The smallest absolute Gasteiger partial charge is 0.224 e. The van der Waals surface area contributed by atoms with Gasteiger partial charge in [0.2, 0.25) is 5.88 Å². The number of ether oxygens (including phenoxy) is 3. The Morgan fingerprint density at radius 2 is 2.00 bits per heavy atom. The lowest BCUT2D eigenvalue weighted by Gasteiger charge is -2.52. The lowest BCUT2D eigenvalue weighted by molar-refractivity contribution is -0.301. The summed E-state index contributed by atoms with van der Waals surface area (Å²) < 4.78 is 18.9. The molecular weight excluding hydrogens is 458 g/mol. The highest BCUT2D eigenvalue weighted by atomic mass is 16.7. The number of pyridine rings is 1. The third-order valence-electron chi connectivity index (χ3n) is 9.83. The summed E-state index contributed by atoms with van der Waals surface area (Å²) in [5.41, 5.74) is -1.09. The van der Waals surface area contributed by atoms with Crippen LogP contribution in [-0.4, -0.2) is 52.4 Å². The molecule has 36 heavy (non-hydrogen) atoms. The van der Waals surface area contributed by atoms with Crippen LogP contribution in [0.3, 0.4) is 0 Å². The van der Waals surface area contributed by atoms with Crippen molar-refractivity contribution in [3.05, 3.63) is 47.2 Å². The van der Waals surface area contributed by atoms with Crippen molar-refractivity contribution >= 4 is 12.1 Å². The molecule has 1 aromatic heterocycles. The Hall–Kier alpha value is -2.35. The number of aromatic nitrogens is 1. The number of Topliss-reactive ketones (excluding diaryl/α,β-unsaturated/α-hetero) is 1. The molecule has 4 aliphatic carbocycles. The van der Waals surface area contributed by atoms with Gasteiger partial charge < -0.3 is 19.3 Å². The van der Waals surface area contributed by atoms with Gasteiger partial charge in [0, 0.05) is 12.1 Å². The van der Waals surface area contributed by atoms with Crippen molar-refractivity contribution in [1.82, 2.24) is 4.98 Å². The first-order valence-electron chi connectivity index (χ1n) is 12.9. The molecule has 7 nitrogen and oxygen atoms in total. The lowest BCUT2D eigenvalue weighted by Crippen LogP contribution is -2.68. The maximum atomic E-state index is 14.7. The van der Waals surface area contributed by atoms with Crippen LogP contribution in [0.5, 0.6) is 5.88 Å². The van der Waals surface area contributed by atoms with Gasteiger partial charge in [0.1, 0.15) is 6.10 Å². The van der Waals surface area contributed by atoms with Crippen molar-refractivity contribution in [3.63, 3.8) is 0 Å². The summed E-state index contributed by atoms with van der Waals surface area (Å²) in [7, 11) is 0. The number of ketones is 1. The second kappa shape index (κ2) is 7.36. The number of rotatable bonds is 3. The largest absolute Gasteiger partial charge is 0.466 e. The molecule has 2 saturated carbocycles. The molecule has 1 spiro atoms. The normalized spacial score (nSPS) is 43.6. The molecule has 3 fully saturated rings. The van der Waals surface area contributed by atoms with E-state index in [0.717, 1.165) is 17.6 Å². The van der Waals surface area contributed by atoms with E-state index in [-0.39, 0.29) is 47.0 Å². The average Bonchev–Trinajstić information content (AvgIpc) is 3.31. The van der Waals surface area contributed by atoms with E-state index in [2.05, 4.69) is 25.8 Å². The molecule has 6 rings (SSSR count). The number of carbonyl (C=O) groups excluding carboxylic acids is 2. The molecule has 1 N–H and O–H groups in total. The Bertz CT molecular complexity index is 1220. The fourth-order valence-corrected chi connectivity index (χ4v) is 8.00. The van der Waals surface area contributed by atoms with Gasteiger partial charge in [-0.1, -0.05) is 32.9 Å². The number of hydrogen-bond donors (Lipinski definition) is 1. The Balaban J connectivity index is 1.57. The summed E-state index contributed by atoms with van der Waals surface area (Å²) in [4.78, 5) is 30.7. The third-order valence-corrected chi connectivity index (χ3v) is 9.83. The monoisotopic (exact) mass is 493 g/mol. The highest BCUT2D eigenvalue weighted by Gasteiger charge is 2.77. The van der Waals surface area contributed by atoms with Gasteiger partial charge in [-0.2, -0.15) is 0 Å². The van der Waals surface area contributed by atoms with E-state index in [4.69, 9.17) is 14.2 Å². The van der Waals surface area contributed by atoms with Gasteiger partial charge in [-0.15, -0.1) is 0 Å². The van der Waals surface area contributed by atoms with Crippen molar-refractivity contribution in [1.29, 1.82) is 0 Å². The van der Waals surface area contributed by atoms with Crippen LogP contribution in [0.2, 0.25) is 0 Å². The van der Waals surface area contributed by atoms with E-state index in [1.807, 2.05) is 32.9 Å². The predicted molar refractivity (Wildman–Crippen MR) is 131 cm³/mol. The van der Waals surface area contributed by atoms with Crippen LogP contribution >= 0.6 is 0 Å². The van der Waals surface area contributed by atoms with E-state index >= 15 is 0 Å². The van der Waals surface area contributed by atoms with Gasteiger partial charge in [-0.3, -0.25) is 9.59 Å². The average molecular weight is 494 g/mol. The molecule has 1 aliphatic heterocycles. The zero-order valence-electron chi connectivity index (χ0n) is 21.8. The Morgan fingerprint density at radius 1 is 1.25 bits per heavy atom. The number of aldehydes is 1. The minimum absolute atomic E-state index is 0.0287. The molecule has 0 aromatic carbocycles. The molecule has 0 amide bonds. The zero-order chi connectivity index (χ0) is 25.8. The van der Waals surface area contributed by atoms with E-state index in [9.17, 15) is 14.7 Å². The SMILES string of the molecule is CC1=CC23C(=O)[C@@H](C=C4COC(C)(C)O[C@H]4[C@]2(O)[C@H]1Oc1ncccc1C=O)[C@H]1[C@@H](C[C@H]3C)C1(C)C. The second-order valence-electron chi connectivity index (χ2n) is 12.5. The molecular formula is C29H35NO6. The van der Waals surface area contributed by atoms with Crippen LogP contribution in [-0.2, 0) is 14.3 Å². The van der Waals surface area contributed by atoms with Crippen molar-refractivity contribution in [2.75, 3.05) is 6.61 Å². The van der Waals surface area contributed by atoms with Gasteiger partial charge >= 0.3 is 0 Å². The first-order valence-corrected chi connectivity index (χ1v) is 12.9. The molecule has 7 heteroatoms. The quantitative estimate of drug-likeness (QED) is 0.504. The Kier molecular flexibility index (Phi) is 4.91. The minimum atomic E-state index is -1.74. The summed E-state index contributed by atoms with van der Waals surface area (Å²) >= 11 is 0. The third kappa shape index (κ3) is 2.88. The van der Waals surface area contributed by atoms with Gasteiger partial charge in [0.05, 0.1) is 17.6 Å². The fraction of sp³-hybridized carbons (Fsp3) is 0.621. The number of nitrogens with zero attached hydrogens (tertiary/aromatic N) is 1. The number of fused-ring (bicyclic) bond motifs is 5. The maximum Gasteiger partial charge on any atom is 0.224 e. The summed E-state index contributed by atoms with van der Waals surface area (Å²) in [5.74, 6) is -0.671. The minimum Gasteiger partial charge on any atom is -0.466 e. The lowest BCUT2D eigenvalue weighted by atomic mass is 9.59. The van der Waals surface area contributed by atoms with E-state index in [1.165, 1.54) is 0 Å². The van der Waals surface area contributed by atoms with E-state index in [1.54, 1.807) is 18.3 Å². The molecule has 5 aliphatic rings. The van der Waals surface area contributed by atoms with Crippen molar-refractivity contribution < 1.29 is 28.9 Å². The first kappa shape index (κ1) is 24.0. The summed E-state index contributed by atoms with van der Waals surface area (Å²) in [6.45, 7) is 12.4. The molecule has 1 saturated heterocycles. The van der Waals surface area contributed by atoms with Crippen LogP contribution in [0.4, 0.5) is 0 Å². The zero-order valence-corrected chi connectivity index (χ0v) is 21.8. The number of carbonyl (C=O) groups is 2. The van der Waals surface area contributed by atoms with Crippen LogP contribution in [0.1, 0.15) is 58.3 Å². The Morgan fingerprint density at radius 3 is 2.72 bits per heavy atom. The highest BCUT2D eigenvalue weighted by Crippen LogP contribution is 2.72. The molecule has 2 bridgehead atoms. The second-order valence-corrected chi connectivity index (χ2v) is 12.5. The summed E-state index contributed by atoms with van der Waals surface area (Å²) in [5, 5.41) is 13.0. The predicted octanol–water partition coefficient (Wildman–Crippen LogP) is 3.91.